The molecule has 4 rings (SSSR count). The van der Waals surface area contributed by atoms with Gasteiger partial charge in [0.25, 0.3) is 5.92 Å². The van der Waals surface area contributed by atoms with Gasteiger partial charge in [-0.2, -0.15) is 0 Å². The van der Waals surface area contributed by atoms with Crippen LogP contribution in [0.3, 0.4) is 0 Å². The number of nitrogens with zero attached hydrogens (tertiary/aromatic N) is 2. The zero-order chi connectivity index (χ0) is 25.9. The van der Waals surface area contributed by atoms with Crippen LogP contribution in [0.5, 0.6) is 0 Å². The summed E-state index contributed by atoms with van der Waals surface area (Å²) in [4.78, 5) is 17.9. The van der Waals surface area contributed by atoms with Gasteiger partial charge in [-0.05, 0) is 64.8 Å². The summed E-state index contributed by atoms with van der Waals surface area (Å²) in [6.45, 7) is 11.5. The molecule has 0 aliphatic heterocycles. The number of hydrogen-bond acceptors (Lipinski definition) is 4. The minimum absolute atomic E-state index is 0.115. The Morgan fingerprint density at radius 1 is 1.23 bits per heavy atom. The molecule has 2 aromatic heterocycles. The number of pyridine rings is 1. The van der Waals surface area contributed by atoms with Crippen molar-refractivity contribution in [1.82, 2.24) is 9.55 Å². The van der Waals surface area contributed by atoms with Crippen molar-refractivity contribution < 1.29 is 23.0 Å². The van der Waals surface area contributed by atoms with Gasteiger partial charge in [0.15, 0.2) is 6.10 Å². The van der Waals surface area contributed by atoms with Crippen molar-refractivity contribution in [3.63, 3.8) is 0 Å². The summed E-state index contributed by atoms with van der Waals surface area (Å²) in [7, 11) is 1.33. The maximum Gasteiger partial charge on any atom is 0.339 e. The summed E-state index contributed by atoms with van der Waals surface area (Å²) in [5, 5.41) is 1.38. The highest BCUT2D eigenvalue weighted by Gasteiger charge is 2.57. The minimum Gasteiger partial charge on any atom is -0.467 e. The van der Waals surface area contributed by atoms with Gasteiger partial charge < -0.3 is 14.0 Å². The molecule has 0 spiro atoms. The number of benzene rings is 1. The molecule has 1 aromatic carbocycles. The van der Waals surface area contributed by atoms with E-state index in [1.54, 1.807) is 12.1 Å². The number of esters is 1. The molecule has 1 fully saturated rings. The van der Waals surface area contributed by atoms with Crippen LogP contribution in [0.15, 0.2) is 24.3 Å². The number of rotatable bonds is 6. The Morgan fingerprint density at radius 3 is 2.34 bits per heavy atom. The van der Waals surface area contributed by atoms with Crippen LogP contribution in [-0.4, -0.2) is 34.2 Å². The lowest BCUT2D eigenvalue weighted by atomic mass is 9.91. The van der Waals surface area contributed by atoms with E-state index >= 15 is 0 Å². The highest BCUT2D eigenvalue weighted by Crippen LogP contribution is 2.50. The number of aryl methyl sites for hydroxylation is 2. The summed E-state index contributed by atoms with van der Waals surface area (Å²) < 4.78 is 40.9. The number of carbonyl (C=O) groups is 1. The smallest absolute Gasteiger partial charge is 0.339 e. The average Bonchev–Trinajstić information content (AvgIpc) is 3.32. The van der Waals surface area contributed by atoms with Crippen molar-refractivity contribution in [2.24, 2.45) is 5.92 Å². The molecule has 2 atom stereocenters. The highest BCUT2D eigenvalue weighted by atomic mass is 35.5. The Labute approximate surface area is 209 Å². The molecule has 0 N–H and O–H groups in total. The fourth-order valence-corrected chi connectivity index (χ4v) is 4.76. The van der Waals surface area contributed by atoms with Gasteiger partial charge in [0.1, 0.15) is 5.65 Å². The molecule has 1 saturated carbocycles. The normalized spacial score (nSPS) is 18.1. The Hall–Kier alpha value is -2.51. The maximum absolute atomic E-state index is 13.8. The van der Waals surface area contributed by atoms with E-state index in [9.17, 15) is 13.6 Å². The van der Waals surface area contributed by atoms with Crippen LogP contribution in [0.2, 0.25) is 5.02 Å². The summed E-state index contributed by atoms with van der Waals surface area (Å²) in [5.74, 6) is -3.88. The third-order valence-electron chi connectivity index (χ3n) is 6.63. The molecule has 0 saturated heterocycles. The van der Waals surface area contributed by atoms with E-state index in [0.29, 0.717) is 21.9 Å². The van der Waals surface area contributed by atoms with Gasteiger partial charge in [0.2, 0.25) is 0 Å². The van der Waals surface area contributed by atoms with Crippen molar-refractivity contribution in [1.29, 1.82) is 0 Å². The van der Waals surface area contributed by atoms with E-state index in [0.717, 1.165) is 27.8 Å². The summed E-state index contributed by atoms with van der Waals surface area (Å²) >= 11 is 6.18. The number of hydrogen-bond donors (Lipinski definition) is 0. The van der Waals surface area contributed by atoms with Gasteiger partial charge in [0, 0.05) is 51.8 Å². The molecule has 0 amide bonds. The first kappa shape index (κ1) is 25.6. The number of carbonyl (C=O) groups excluding carboxylic acids is 1. The highest BCUT2D eigenvalue weighted by molar-refractivity contribution is 6.30. The number of ether oxygens (including phenoxy) is 2. The molecule has 1 aliphatic carbocycles. The second-order valence-electron chi connectivity index (χ2n) is 10.3. The first-order valence-corrected chi connectivity index (χ1v) is 12.0. The van der Waals surface area contributed by atoms with Crippen LogP contribution in [0, 0.1) is 26.7 Å². The zero-order valence-corrected chi connectivity index (χ0v) is 21.9. The lowest BCUT2D eigenvalue weighted by Crippen LogP contribution is -2.29. The van der Waals surface area contributed by atoms with E-state index in [2.05, 4.69) is 0 Å². The molecular weight excluding hydrogens is 474 g/mol. The lowest BCUT2D eigenvalue weighted by molar-refractivity contribution is -0.164. The van der Waals surface area contributed by atoms with Gasteiger partial charge in [-0.3, -0.25) is 0 Å². The molecule has 188 valence electrons. The average molecular weight is 505 g/mol. The summed E-state index contributed by atoms with van der Waals surface area (Å²) in [5.41, 5.74) is 4.52. The maximum atomic E-state index is 13.8. The Kier molecular flexibility index (Phi) is 6.47. The number of fused-ring (bicyclic) bond motifs is 1. The third kappa shape index (κ3) is 4.81. The largest absolute Gasteiger partial charge is 0.467 e. The SMILES string of the molecule is COC(=O)[C@@H](OC(C)(C)C)c1c(C)nc2c(c(C)c(C)n2CC2CC2(F)F)c1-c1ccc(Cl)cc1. The molecule has 1 unspecified atom stereocenters. The molecule has 0 bridgehead atoms. The number of halogens is 3. The van der Waals surface area contributed by atoms with Crippen LogP contribution in [-0.2, 0) is 20.8 Å². The summed E-state index contributed by atoms with van der Waals surface area (Å²) in [6.07, 6.45) is -1.14. The van der Waals surface area contributed by atoms with Crippen molar-refractivity contribution in [2.75, 3.05) is 7.11 Å². The van der Waals surface area contributed by atoms with E-state index in [1.807, 2.05) is 58.2 Å². The molecule has 35 heavy (non-hydrogen) atoms. The molecule has 1 aliphatic rings. The summed E-state index contributed by atoms with van der Waals surface area (Å²) in [6, 6.07) is 7.33. The predicted octanol–water partition coefficient (Wildman–Crippen LogP) is 6.97. The molecular formula is C27H31ClF2N2O3. The van der Waals surface area contributed by atoms with Crippen LogP contribution >= 0.6 is 11.6 Å². The van der Waals surface area contributed by atoms with Crippen molar-refractivity contribution in [2.45, 2.75) is 72.1 Å². The van der Waals surface area contributed by atoms with Crippen molar-refractivity contribution >= 4 is 28.6 Å². The molecule has 5 nitrogen and oxygen atoms in total. The first-order chi connectivity index (χ1) is 16.2. The topological polar surface area (TPSA) is 53.4 Å². The monoisotopic (exact) mass is 504 g/mol. The first-order valence-electron chi connectivity index (χ1n) is 11.6. The zero-order valence-electron chi connectivity index (χ0n) is 21.1. The van der Waals surface area contributed by atoms with Crippen LogP contribution in [0.1, 0.15) is 55.8 Å². The van der Waals surface area contributed by atoms with Crippen molar-refractivity contribution in [3.8, 4) is 11.1 Å². The fraction of sp³-hybridized carbons (Fsp3) is 0.481. The molecule has 0 radical (unpaired) electrons. The fourth-order valence-electron chi connectivity index (χ4n) is 4.63. The van der Waals surface area contributed by atoms with Crippen LogP contribution < -0.4 is 0 Å². The van der Waals surface area contributed by atoms with Gasteiger partial charge in [0.05, 0.1) is 12.7 Å². The van der Waals surface area contributed by atoms with E-state index in [4.69, 9.17) is 26.1 Å². The Morgan fingerprint density at radius 2 is 1.83 bits per heavy atom. The van der Waals surface area contributed by atoms with Crippen LogP contribution in [0.4, 0.5) is 8.78 Å². The second-order valence-corrected chi connectivity index (χ2v) is 10.7. The lowest BCUT2D eigenvalue weighted by Gasteiger charge is -2.29. The van der Waals surface area contributed by atoms with Gasteiger partial charge in [-0.1, -0.05) is 23.7 Å². The predicted molar refractivity (Wildman–Crippen MR) is 133 cm³/mol. The number of methoxy groups -OCH3 is 1. The Bertz CT molecular complexity index is 1290. The molecule has 2 heterocycles. The molecule has 8 heteroatoms. The van der Waals surface area contributed by atoms with E-state index < -0.39 is 29.5 Å². The van der Waals surface area contributed by atoms with Gasteiger partial charge >= 0.3 is 5.97 Å². The number of aromatic nitrogens is 2. The second kappa shape index (κ2) is 8.86. The minimum atomic E-state index is -2.64. The standard InChI is InChI=1S/C27H31ClF2N2O3/c1-14-16(3)32(13-18-12-27(18,29)30)24-20(14)22(17-8-10-19(28)11-9-17)21(15(2)31-24)23(25(33)34-7)35-26(4,5)6/h8-11,18,23H,12-13H2,1-7H3/t18?,23-/m0/s1. The number of alkyl halides is 2. The third-order valence-corrected chi connectivity index (χ3v) is 6.88. The van der Waals surface area contributed by atoms with Crippen LogP contribution in [0.25, 0.3) is 22.2 Å². The molecule has 3 aromatic rings. The quantitative estimate of drug-likeness (QED) is 0.340. The van der Waals surface area contributed by atoms with E-state index in [1.165, 1.54) is 7.11 Å². The van der Waals surface area contributed by atoms with E-state index in [-0.39, 0.29) is 13.0 Å². The Balaban J connectivity index is 2.05. The van der Waals surface area contributed by atoms with Gasteiger partial charge in [-0.15, -0.1) is 0 Å². The van der Waals surface area contributed by atoms with Crippen molar-refractivity contribution in [3.05, 3.63) is 51.8 Å². The van der Waals surface area contributed by atoms with Gasteiger partial charge in [-0.25, -0.2) is 18.6 Å².